The highest BCUT2D eigenvalue weighted by atomic mass is 32.2. The van der Waals surface area contributed by atoms with E-state index in [-0.39, 0.29) is 31.3 Å². The van der Waals surface area contributed by atoms with Gasteiger partial charge in [0.2, 0.25) is 21.8 Å². The van der Waals surface area contributed by atoms with Gasteiger partial charge in [-0.15, -0.1) is 0 Å². The monoisotopic (exact) mass is 702 g/mol. The van der Waals surface area contributed by atoms with Crippen molar-refractivity contribution >= 4 is 38.8 Å². The summed E-state index contributed by atoms with van der Waals surface area (Å²) in [6, 6.07) is 11.9. The van der Waals surface area contributed by atoms with Crippen LogP contribution >= 0.6 is 0 Å². The Morgan fingerprint density at radius 2 is 1.86 bits per heavy atom. The second kappa shape index (κ2) is 13.2. The third-order valence-corrected chi connectivity index (χ3v) is 12.0. The number of amides is 4. The zero-order chi connectivity index (χ0) is 35.2. The molecule has 7 rings (SSSR count). The molecule has 4 amide bonds. The van der Waals surface area contributed by atoms with Crippen molar-refractivity contribution in [2.45, 2.75) is 74.8 Å². The molecule has 2 aliphatic carbocycles. The first kappa shape index (κ1) is 33.8. The summed E-state index contributed by atoms with van der Waals surface area (Å²) in [6.07, 6.45) is 6.94. The number of carbonyl (C=O) groups is 3. The lowest BCUT2D eigenvalue weighted by atomic mass is 10.1. The molecule has 2 saturated carbocycles. The quantitative estimate of drug-likeness (QED) is 0.350. The fourth-order valence-electron chi connectivity index (χ4n) is 6.97. The van der Waals surface area contributed by atoms with Gasteiger partial charge in [-0.2, -0.15) is 4.98 Å². The van der Waals surface area contributed by atoms with Crippen LogP contribution in [-0.2, 0) is 19.6 Å². The number of nitrogens with zero attached hydrogens (tertiary/aromatic N) is 4. The maximum atomic E-state index is 14.2. The zero-order valence-corrected chi connectivity index (χ0v) is 29.2. The van der Waals surface area contributed by atoms with Gasteiger partial charge >= 0.3 is 6.03 Å². The summed E-state index contributed by atoms with van der Waals surface area (Å²) in [5, 5.41) is 2.97. The fourth-order valence-corrected chi connectivity index (χ4v) is 8.33. The molecule has 1 saturated heterocycles. The molecular weight excluding hydrogens is 660 g/mol. The van der Waals surface area contributed by atoms with Crippen LogP contribution in [0.2, 0.25) is 0 Å². The van der Waals surface area contributed by atoms with Gasteiger partial charge in [-0.3, -0.25) is 14.3 Å². The standard InChI is InChI=1S/C36H42N6O7S/c1-22-29(48-3)17-16-27-30(22)37-31(23-11-7-6-8-12-23)38-33(27)49-25-19-28-32(43)39-36(34(44)40-50(46,47)26-14-15-26)20-24(36)13-9-4-5-10-18-41(2)35(45)42(28)21-25/h6-9,11-13,16-17,24-26,28H,4-5,10,14-15,18-21H2,1-3H3,(H,39,43)(H,40,44)/b13-9-/t24-,25-,28+,36-/m1/s1. The molecule has 4 atom stereocenters. The van der Waals surface area contributed by atoms with Gasteiger partial charge in [0.05, 0.1) is 29.8 Å². The SMILES string of the molecule is COc1ccc2c(O[C@@H]3C[C@H]4C(=O)N[C@]5(C(=O)NS(=O)(=O)C6CC6)C[C@H]5/C=C\CCCCN(C)C(=O)N4C3)nc(-c3ccccc3)nc2c1C. The number of methoxy groups -OCH3 is 1. The van der Waals surface area contributed by atoms with Crippen LogP contribution in [0.25, 0.3) is 22.3 Å². The van der Waals surface area contributed by atoms with Crippen molar-refractivity contribution < 1.29 is 32.3 Å². The summed E-state index contributed by atoms with van der Waals surface area (Å²) in [5.41, 5.74) is 0.833. The Morgan fingerprint density at radius 3 is 2.60 bits per heavy atom. The molecule has 0 spiro atoms. The van der Waals surface area contributed by atoms with Crippen LogP contribution in [0.15, 0.2) is 54.6 Å². The maximum Gasteiger partial charge on any atom is 0.320 e. The van der Waals surface area contributed by atoms with E-state index in [1.807, 2.05) is 61.5 Å². The van der Waals surface area contributed by atoms with Crippen molar-refractivity contribution in [2.24, 2.45) is 5.92 Å². The first-order chi connectivity index (χ1) is 24.0. The minimum Gasteiger partial charge on any atom is -0.496 e. The predicted molar refractivity (Wildman–Crippen MR) is 186 cm³/mol. The first-order valence-electron chi connectivity index (χ1n) is 17.1. The molecule has 3 heterocycles. The average molecular weight is 703 g/mol. The predicted octanol–water partition coefficient (Wildman–Crippen LogP) is 3.71. The number of sulfonamides is 1. The Labute approximate surface area is 291 Å². The summed E-state index contributed by atoms with van der Waals surface area (Å²) in [5.74, 6) is -0.218. The number of hydrogen-bond acceptors (Lipinski definition) is 9. The van der Waals surface area contributed by atoms with E-state index in [0.29, 0.717) is 47.7 Å². The van der Waals surface area contributed by atoms with Crippen molar-refractivity contribution in [3.63, 3.8) is 0 Å². The lowest BCUT2D eigenvalue weighted by molar-refractivity contribution is -0.131. The Kier molecular flexibility index (Phi) is 8.91. The molecule has 3 aromatic rings. The van der Waals surface area contributed by atoms with E-state index in [9.17, 15) is 22.8 Å². The van der Waals surface area contributed by atoms with E-state index >= 15 is 0 Å². The lowest BCUT2D eigenvalue weighted by Crippen LogP contribution is -2.57. The molecule has 264 valence electrons. The number of hydrogen-bond donors (Lipinski definition) is 2. The molecule has 1 aromatic heterocycles. The van der Waals surface area contributed by atoms with E-state index in [1.165, 1.54) is 4.90 Å². The van der Waals surface area contributed by atoms with Crippen LogP contribution in [0.1, 0.15) is 50.5 Å². The van der Waals surface area contributed by atoms with Gasteiger partial charge in [-0.05, 0) is 57.6 Å². The maximum absolute atomic E-state index is 14.2. The lowest BCUT2D eigenvalue weighted by Gasteiger charge is -2.30. The number of allylic oxidation sites excluding steroid dienone is 1. The van der Waals surface area contributed by atoms with E-state index in [4.69, 9.17) is 19.4 Å². The average Bonchev–Trinajstić information content (AvgIpc) is 4.03. The Hall–Kier alpha value is -4.72. The zero-order valence-electron chi connectivity index (χ0n) is 28.4. The number of benzene rings is 2. The van der Waals surface area contributed by atoms with Crippen LogP contribution in [-0.4, -0.2) is 96.2 Å². The smallest absolute Gasteiger partial charge is 0.320 e. The molecule has 2 aromatic carbocycles. The molecule has 50 heavy (non-hydrogen) atoms. The first-order valence-corrected chi connectivity index (χ1v) is 18.7. The Bertz CT molecular complexity index is 1970. The topological polar surface area (TPSA) is 160 Å². The number of urea groups is 1. The largest absolute Gasteiger partial charge is 0.496 e. The number of aromatic nitrogens is 2. The summed E-state index contributed by atoms with van der Waals surface area (Å²) in [7, 11) is -0.529. The number of rotatable bonds is 7. The van der Waals surface area contributed by atoms with Gasteiger partial charge < -0.3 is 24.6 Å². The molecule has 2 N–H and O–H groups in total. The van der Waals surface area contributed by atoms with Crippen molar-refractivity contribution in [3.8, 4) is 23.0 Å². The second-order valence-electron chi connectivity index (χ2n) is 13.7. The van der Waals surface area contributed by atoms with Crippen molar-refractivity contribution in [1.29, 1.82) is 0 Å². The highest BCUT2D eigenvalue weighted by Gasteiger charge is 2.62. The summed E-state index contributed by atoms with van der Waals surface area (Å²) in [4.78, 5) is 54.4. The van der Waals surface area contributed by atoms with E-state index < -0.39 is 44.8 Å². The summed E-state index contributed by atoms with van der Waals surface area (Å²) < 4.78 is 39.9. The highest BCUT2D eigenvalue weighted by molar-refractivity contribution is 7.91. The van der Waals surface area contributed by atoms with Gasteiger partial charge in [0, 0.05) is 37.1 Å². The normalized spacial score (nSPS) is 26.3. The number of fused-ring (bicyclic) bond motifs is 3. The van der Waals surface area contributed by atoms with Gasteiger partial charge in [-0.1, -0.05) is 42.5 Å². The van der Waals surface area contributed by atoms with Crippen molar-refractivity contribution in [2.75, 3.05) is 27.2 Å². The summed E-state index contributed by atoms with van der Waals surface area (Å²) >= 11 is 0. The van der Waals surface area contributed by atoms with Gasteiger partial charge in [0.25, 0.3) is 5.91 Å². The van der Waals surface area contributed by atoms with Gasteiger partial charge in [0.15, 0.2) is 5.82 Å². The molecule has 13 nitrogen and oxygen atoms in total. The van der Waals surface area contributed by atoms with Crippen LogP contribution < -0.4 is 19.5 Å². The molecular formula is C36H42N6O7S. The van der Waals surface area contributed by atoms with E-state index in [0.717, 1.165) is 30.4 Å². The number of nitrogens with one attached hydrogen (secondary N) is 2. The highest BCUT2D eigenvalue weighted by Crippen LogP contribution is 2.46. The molecule has 4 aliphatic rings. The number of carbonyl (C=O) groups excluding carboxylic acids is 3. The van der Waals surface area contributed by atoms with Crippen LogP contribution in [0, 0.1) is 12.8 Å². The molecule has 0 radical (unpaired) electrons. The molecule has 14 heteroatoms. The van der Waals surface area contributed by atoms with Gasteiger partial charge in [0.1, 0.15) is 23.4 Å². The molecule has 0 unspecified atom stereocenters. The third-order valence-electron chi connectivity index (χ3n) is 10.2. The van der Waals surface area contributed by atoms with E-state index in [2.05, 4.69) is 10.0 Å². The van der Waals surface area contributed by atoms with Crippen LogP contribution in [0.5, 0.6) is 11.6 Å². The van der Waals surface area contributed by atoms with Crippen LogP contribution in [0.4, 0.5) is 4.79 Å². The number of ether oxygens (including phenoxy) is 2. The minimum absolute atomic E-state index is 0.0984. The summed E-state index contributed by atoms with van der Waals surface area (Å²) in [6.45, 7) is 2.52. The molecule has 2 aliphatic heterocycles. The molecule has 0 bridgehead atoms. The van der Waals surface area contributed by atoms with E-state index in [1.54, 1.807) is 19.1 Å². The Morgan fingerprint density at radius 1 is 1.08 bits per heavy atom. The van der Waals surface area contributed by atoms with Crippen LogP contribution in [0.3, 0.4) is 0 Å². The van der Waals surface area contributed by atoms with Gasteiger partial charge in [-0.25, -0.2) is 18.2 Å². The fraction of sp³-hybridized carbons (Fsp3) is 0.472. The number of aryl methyl sites for hydroxylation is 1. The third kappa shape index (κ3) is 6.48. The Balaban J connectivity index is 1.21. The minimum atomic E-state index is -3.84. The molecule has 3 fully saturated rings. The van der Waals surface area contributed by atoms with Crippen molar-refractivity contribution in [3.05, 3.63) is 60.2 Å². The second-order valence-corrected chi connectivity index (χ2v) is 15.7. The van der Waals surface area contributed by atoms with Crippen molar-refractivity contribution in [1.82, 2.24) is 29.8 Å².